The fraction of sp³-hybridized carbons (Fsp3) is 0.333. The predicted octanol–water partition coefficient (Wildman–Crippen LogP) is 3.48. The molecule has 2 aromatic rings. The van der Waals surface area contributed by atoms with Crippen molar-refractivity contribution in [3.8, 4) is 11.5 Å². The van der Waals surface area contributed by atoms with E-state index in [1.807, 2.05) is 31.3 Å². The molecule has 0 heterocycles. The third-order valence-electron chi connectivity index (χ3n) is 3.12. The molecule has 0 spiro atoms. The zero-order valence-corrected chi connectivity index (χ0v) is 13.0. The average molecular weight is 285 g/mol. The summed E-state index contributed by atoms with van der Waals surface area (Å²) in [5.74, 6) is 1.78. The highest BCUT2D eigenvalue weighted by Crippen LogP contribution is 2.16. The molecule has 0 radical (unpaired) electrons. The topological polar surface area (TPSA) is 30.5 Å². The molecule has 2 rings (SSSR count). The Morgan fingerprint density at radius 1 is 0.810 bits per heavy atom. The quantitative estimate of drug-likeness (QED) is 0.790. The van der Waals surface area contributed by atoms with E-state index in [0.717, 1.165) is 18.0 Å². The SMILES string of the molecule is CNCc1ccc(OCCOc2cc(C)cc(C)c2)cc1. The Hall–Kier alpha value is -2.00. The van der Waals surface area contributed by atoms with Crippen molar-refractivity contribution in [3.63, 3.8) is 0 Å². The second kappa shape index (κ2) is 7.70. The Morgan fingerprint density at radius 3 is 1.95 bits per heavy atom. The summed E-state index contributed by atoms with van der Waals surface area (Å²) in [7, 11) is 1.94. The van der Waals surface area contributed by atoms with Crippen LogP contribution in [0.5, 0.6) is 11.5 Å². The van der Waals surface area contributed by atoms with Crippen LogP contribution in [0.3, 0.4) is 0 Å². The van der Waals surface area contributed by atoms with Crippen molar-refractivity contribution in [2.24, 2.45) is 0 Å². The first-order valence-electron chi connectivity index (χ1n) is 7.25. The van der Waals surface area contributed by atoms with E-state index in [9.17, 15) is 0 Å². The van der Waals surface area contributed by atoms with Crippen LogP contribution in [0.15, 0.2) is 42.5 Å². The minimum absolute atomic E-state index is 0.540. The van der Waals surface area contributed by atoms with Gasteiger partial charge in [0.05, 0.1) is 0 Å². The highest BCUT2D eigenvalue weighted by atomic mass is 16.5. The molecule has 0 unspecified atom stereocenters. The van der Waals surface area contributed by atoms with Crippen LogP contribution in [0.1, 0.15) is 16.7 Å². The monoisotopic (exact) mass is 285 g/mol. The summed E-state index contributed by atoms with van der Waals surface area (Å²) in [5, 5.41) is 3.12. The number of ether oxygens (including phenoxy) is 2. The summed E-state index contributed by atoms with van der Waals surface area (Å²) < 4.78 is 11.4. The summed E-state index contributed by atoms with van der Waals surface area (Å²) in [6.45, 7) is 6.10. The first-order chi connectivity index (χ1) is 10.2. The van der Waals surface area contributed by atoms with Crippen molar-refractivity contribution < 1.29 is 9.47 Å². The highest BCUT2D eigenvalue weighted by Gasteiger charge is 1.98. The van der Waals surface area contributed by atoms with Crippen LogP contribution in [-0.2, 0) is 6.54 Å². The normalized spacial score (nSPS) is 10.4. The standard InChI is InChI=1S/C18H23NO2/c1-14-10-15(2)12-18(11-14)21-9-8-20-17-6-4-16(5-7-17)13-19-3/h4-7,10-12,19H,8-9,13H2,1-3H3. The van der Waals surface area contributed by atoms with E-state index in [4.69, 9.17) is 9.47 Å². The number of hydrogen-bond acceptors (Lipinski definition) is 3. The highest BCUT2D eigenvalue weighted by molar-refractivity contribution is 5.33. The lowest BCUT2D eigenvalue weighted by atomic mass is 10.1. The van der Waals surface area contributed by atoms with Crippen LogP contribution in [0.4, 0.5) is 0 Å². The molecule has 0 atom stereocenters. The van der Waals surface area contributed by atoms with Gasteiger partial charge in [0.15, 0.2) is 0 Å². The Morgan fingerprint density at radius 2 is 1.38 bits per heavy atom. The number of benzene rings is 2. The molecule has 21 heavy (non-hydrogen) atoms. The van der Waals surface area contributed by atoms with Crippen molar-refractivity contribution >= 4 is 0 Å². The van der Waals surface area contributed by atoms with Crippen LogP contribution in [0.2, 0.25) is 0 Å². The Balaban J connectivity index is 1.76. The molecular formula is C18H23NO2. The summed E-state index contributed by atoms with van der Waals surface area (Å²) in [6.07, 6.45) is 0. The zero-order chi connectivity index (χ0) is 15.1. The molecule has 3 nitrogen and oxygen atoms in total. The minimum atomic E-state index is 0.540. The molecule has 1 N–H and O–H groups in total. The van der Waals surface area contributed by atoms with Crippen molar-refractivity contribution in [2.45, 2.75) is 20.4 Å². The summed E-state index contributed by atoms with van der Waals surface area (Å²) in [6, 6.07) is 14.3. The van der Waals surface area contributed by atoms with Gasteiger partial charge in [0, 0.05) is 6.54 Å². The van der Waals surface area contributed by atoms with Crippen LogP contribution < -0.4 is 14.8 Å². The largest absolute Gasteiger partial charge is 0.490 e. The van der Waals surface area contributed by atoms with E-state index in [0.29, 0.717) is 13.2 Å². The molecule has 0 saturated carbocycles. The third kappa shape index (κ3) is 5.12. The van der Waals surface area contributed by atoms with E-state index in [1.165, 1.54) is 16.7 Å². The van der Waals surface area contributed by atoms with Gasteiger partial charge in [-0.2, -0.15) is 0 Å². The summed E-state index contributed by atoms with van der Waals surface area (Å²) in [5.41, 5.74) is 3.67. The van der Waals surface area contributed by atoms with Gasteiger partial charge in [-0.05, 0) is 61.9 Å². The van der Waals surface area contributed by atoms with Gasteiger partial charge in [-0.15, -0.1) is 0 Å². The van der Waals surface area contributed by atoms with Crippen LogP contribution in [0.25, 0.3) is 0 Å². The maximum Gasteiger partial charge on any atom is 0.122 e. The fourth-order valence-electron chi connectivity index (χ4n) is 2.24. The molecule has 0 aliphatic heterocycles. The Bertz CT molecular complexity index is 544. The van der Waals surface area contributed by atoms with Gasteiger partial charge in [0.1, 0.15) is 24.7 Å². The van der Waals surface area contributed by atoms with Crippen molar-refractivity contribution in [2.75, 3.05) is 20.3 Å². The maximum atomic E-state index is 5.72. The third-order valence-corrected chi connectivity index (χ3v) is 3.12. The van der Waals surface area contributed by atoms with Gasteiger partial charge in [-0.25, -0.2) is 0 Å². The van der Waals surface area contributed by atoms with Crippen LogP contribution >= 0.6 is 0 Å². The van der Waals surface area contributed by atoms with Gasteiger partial charge < -0.3 is 14.8 Å². The number of rotatable bonds is 7. The summed E-state index contributed by atoms with van der Waals surface area (Å²) >= 11 is 0. The van der Waals surface area contributed by atoms with Crippen molar-refractivity contribution in [1.82, 2.24) is 5.32 Å². The molecule has 0 aliphatic carbocycles. The van der Waals surface area contributed by atoms with Crippen molar-refractivity contribution in [3.05, 3.63) is 59.2 Å². The van der Waals surface area contributed by atoms with Crippen LogP contribution in [0, 0.1) is 13.8 Å². The lowest BCUT2D eigenvalue weighted by molar-refractivity contribution is 0.217. The molecular weight excluding hydrogens is 262 g/mol. The molecule has 0 aliphatic rings. The van der Waals surface area contributed by atoms with Gasteiger partial charge in [0.2, 0.25) is 0 Å². The van der Waals surface area contributed by atoms with Gasteiger partial charge in [-0.1, -0.05) is 18.2 Å². The average Bonchev–Trinajstić information content (AvgIpc) is 2.45. The maximum absolute atomic E-state index is 5.72. The zero-order valence-electron chi connectivity index (χ0n) is 13.0. The molecule has 0 saturated heterocycles. The van der Waals surface area contributed by atoms with E-state index in [1.54, 1.807) is 0 Å². The van der Waals surface area contributed by atoms with E-state index in [2.05, 4.69) is 37.4 Å². The first kappa shape index (κ1) is 15.4. The molecule has 0 bridgehead atoms. The molecule has 0 fully saturated rings. The van der Waals surface area contributed by atoms with Gasteiger partial charge in [-0.3, -0.25) is 0 Å². The van der Waals surface area contributed by atoms with E-state index in [-0.39, 0.29) is 0 Å². The van der Waals surface area contributed by atoms with E-state index < -0.39 is 0 Å². The van der Waals surface area contributed by atoms with E-state index >= 15 is 0 Å². The van der Waals surface area contributed by atoms with Gasteiger partial charge >= 0.3 is 0 Å². The fourth-order valence-corrected chi connectivity index (χ4v) is 2.24. The molecule has 0 aromatic heterocycles. The number of aryl methyl sites for hydroxylation is 2. The Kier molecular flexibility index (Phi) is 5.64. The van der Waals surface area contributed by atoms with Crippen molar-refractivity contribution in [1.29, 1.82) is 0 Å². The molecule has 0 amide bonds. The lowest BCUT2D eigenvalue weighted by Gasteiger charge is -2.10. The second-order valence-electron chi connectivity index (χ2n) is 5.19. The number of nitrogens with one attached hydrogen (secondary N) is 1. The summed E-state index contributed by atoms with van der Waals surface area (Å²) in [4.78, 5) is 0. The second-order valence-corrected chi connectivity index (χ2v) is 5.19. The van der Waals surface area contributed by atoms with Gasteiger partial charge in [0.25, 0.3) is 0 Å². The Labute approximate surface area is 126 Å². The first-order valence-corrected chi connectivity index (χ1v) is 7.25. The molecule has 3 heteroatoms. The lowest BCUT2D eigenvalue weighted by Crippen LogP contribution is -2.09. The minimum Gasteiger partial charge on any atom is -0.490 e. The smallest absolute Gasteiger partial charge is 0.122 e. The van der Waals surface area contributed by atoms with Crippen LogP contribution in [-0.4, -0.2) is 20.3 Å². The molecule has 112 valence electrons. The predicted molar refractivity (Wildman–Crippen MR) is 86.1 cm³/mol. The molecule has 2 aromatic carbocycles. The number of hydrogen-bond donors (Lipinski definition) is 1.